The van der Waals surface area contributed by atoms with Crippen LogP contribution in [0.2, 0.25) is 5.02 Å². The Kier molecular flexibility index (Phi) is 6.84. The third-order valence-corrected chi connectivity index (χ3v) is 4.90. The van der Waals surface area contributed by atoms with E-state index in [0.717, 1.165) is 32.4 Å². The van der Waals surface area contributed by atoms with E-state index < -0.39 is 6.61 Å². The van der Waals surface area contributed by atoms with Gasteiger partial charge in [0.25, 0.3) is 0 Å². The highest BCUT2D eigenvalue weighted by atomic mass is 35.5. The van der Waals surface area contributed by atoms with Crippen LogP contribution in [0.25, 0.3) is 0 Å². The van der Waals surface area contributed by atoms with Crippen LogP contribution < -0.4 is 10.1 Å². The maximum absolute atomic E-state index is 12.6. The van der Waals surface area contributed by atoms with Gasteiger partial charge in [-0.15, -0.1) is 0 Å². The van der Waals surface area contributed by atoms with Gasteiger partial charge in [-0.2, -0.15) is 8.78 Å². The fraction of sp³-hybridized carbons (Fsp3) is 0.667. The molecule has 0 amide bonds. The van der Waals surface area contributed by atoms with E-state index in [1.807, 2.05) is 6.92 Å². The molecule has 3 nitrogen and oxygen atoms in total. The summed E-state index contributed by atoms with van der Waals surface area (Å²) in [6.45, 7) is 5.06. The van der Waals surface area contributed by atoms with Crippen molar-refractivity contribution in [1.29, 1.82) is 0 Å². The van der Waals surface area contributed by atoms with Gasteiger partial charge in [-0.25, -0.2) is 0 Å². The molecule has 1 fully saturated rings. The van der Waals surface area contributed by atoms with Gasteiger partial charge in [-0.3, -0.25) is 0 Å². The van der Waals surface area contributed by atoms with E-state index in [2.05, 4.69) is 23.9 Å². The lowest BCUT2D eigenvalue weighted by Crippen LogP contribution is -2.39. The summed E-state index contributed by atoms with van der Waals surface area (Å²) in [5.41, 5.74) is 0.801. The molecule has 1 heterocycles. The summed E-state index contributed by atoms with van der Waals surface area (Å²) < 4.78 is 35.6. The molecule has 1 aromatic carbocycles. The molecule has 0 aliphatic carbocycles. The molecule has 0 radical (unpaired) electrons. The van der Waals surface area contributed by atoms with E-state index in [4.69, 9.17) is 16.3 Å². The van der Waals surface area contributed by atoms with Crippen LogP contribution in [0.5, 0.6) is 5.75 Å². The van der Waals surface area contributed by atoms with Crippen LogP contribution in [0, 0.1) is 5.41 Å². The third kappa shape index (κ3) is 5.30. The summed E-state index contributed by atoms with van der Waals surface area (Å²) in [4.78, 5) is 0. The van der Waals surface area contributed by atoms with Gasteiger partial charge in [0, 0.05) is 23.2 Å². The standard InChI is InChI=1S/C18H26ClF2NO2/c1-12(14-11-13(19)5-6-15(14)24-17(20)21)22-9-7-16-18(2,3)8-4-10-23-16/h5-6,11-12,16-17,22H,4,7-10H2,1-3H3. The SMILES string of the molecule is CC(NCCC1OCCCC1(C)C)c1cc(Cl)ccc1OC(F)F. The molecule has 1 aliphatic heterocycles. The third-order valence-electron chi connectivity index (χ3n) is 4.67. The van der Waals surface area contributed by atoms with E-state index in [0.29, 0.717) is 10.6 Å². The average molecular weight is 362 g/mol. The van der Waals surface area contributed by atoms with Crippen LogP contribution in [0.1, 0.15) is 51.6 Å². The summed E-state index contributed by atoms with van der Waals surface area (Å²) in [7, 11) is 0. The van der Waals surface area contributed by atoms with Gasteiger partial charge in [0.1, 0.15) is 5.75 Å². The first kappa shape index (κ1) is 19.4. The molecule has 6 heteroatoms. The van der Waals surface area contributed by atoms with Crippen LogP contribution in [0.4, 0.5) is 8.78 Å². The van der Waals surface area contributed by atoms with Gasteiger partial charge < -0.3 is 14.8 Å². The van der Waals surface area contributed by atoms with Crippen LogP contribution in [0.15, 0.2) is 18.2 Å². The normalized spacial score (nSPS) is 21.7. The van der Waals surface area contributed by atoms with Crippen molar-refractivity contribution in [2.75, 3.05) is 13.2 Å². The van der Waals surface area contributed by atoms with Gasteiger partial charge in [0.05, 0.1) is 6.10 Å². The van der Waals surface area contributed by atoms with Crippen molar-refractivity contribution in [3.8, 4) is 5.75 Å². The van der Waals surface area contributed by atoms with E-state index in [1.54, 1.807) is 12.1 Å². The Hall–Kier alpha value is -0.910. The van der Waals surface area contributed by atoms with Gasteiger partial charge in [0.2, 0.25) is 0 Å². The molecule has 1 aromatic rings. The molecule has 1 N–H and O–H groups in total. The zero-order chi connectivity index (χ0) is 17.7. The Labute approximate surface area is 147 Å². The monoisotopic (exact) mass is 361 g/mol. The maximum atomic E-state index is 12.6. The predicted molar refractivity (Wildman–Crippen MR) is 91.9 cm³/mol. The average Bonchev–Trinajstić information content (AvgIpc) is 2.50. The van der Waals surface area contributed by atoms with Gasteiger partial charge in [-0.05, 0) is 56.3 Å². The molecule has 2 atom stereocenters. The van der Waals surface area contributed by atoms with Crippen LogP contribution in [-0.2, 0) is 4.74 Å². The smallest absolute Gasteiger partial charge is 0.387 e. The molecule has 0 bridgehead atoms. The maximum Gasteiger partial charge on any atom is 0.387 e. The minimum absolute atomic E-state index is 0.149. The largest absolute Gasteiger partial charge is 0.434 e. The fourth-order valence-corrected chi connectivity index (χ4v) is 3.40. The first-order valence-corrected chi connectivity index (χ1v) is 8.76. The van der Waals surface area contributed by atoms with Gasteiger partial charge in [0.15, 0.2) is 0 Å². The molecule has 0 saturated carbocycles. The number of rotatable bonds is 7. The quantitative estimate of drug-likeness (QED) is 0.725. The minimum Gasteiger partial charge on any atom is -0.434 e. The zero-order valence-corrected chi connectivity index (χ0v) is 15.2. The highest BCUT2D eigenvalue weighted by molar-refractivity contribution is 6.30. The van der Waals surface area contributed by atoms with Gasteiger partial charge in [-0.1, -0.05) is 25.4 Å². The Bertz CT molecular complexity index is 540. The summed E-state index contributed by atoms with van der Waals surface area (Å²) in [5, 5.41) is 3.86. The van der Waals surface area contributed by atoms with Crippen molar-refractivity contribution in [3.05, 3.63) is 28.8 Å². The van der Waals surface area contributed by atoms with E-state index in [-0.39, 0.29) is 23.3 Å². The Balaban J connectivity index is 1.94. The van der Waals surface area contributed by atoms with Crippen molar-refractivity contribution in [3.63, 3.8) is 0 Å². The summed E-state index contributed by atoms with van der Waals surface area (Å²) in [5.74, 6) is 0.156. The summed E-state index contributed by atoms with van der Waals surface area (Å²) in [6, 6.07) is 4.55. The molecular formula is C18H26ClF2NO2. The number of alkyl halides is 2. The number of halogens is 3. The molecule has 1 saturated heterocycles. The van der Waals surface area contributed by atoms with E-state index in [9.17, 15) is 8.78 Å². The van der Waals surface area contributed by atoms with Crippen molar-refractivity contribution in [2.45, 2.75) is 58.8 Å². The molecule has 0 spiro atoms. The number of nitrogens with one attached hydrogen (secondary N) is 1. The number of benzene rings is 1. The lowest BCUT2D eigenvalue weighted by Gasteiger charge is -2.38. The Morgan fingerprint density at radius 1 is 1.42 bits per heavy atom. The van der Waals surface area contributed by atoms with Crippen molar-refractivity contribution in [2.24, 2.45) is 5.41 Å². The first-order chi connectivity index (χ1) is 11.3. The lowest BCUT2D eigenvalue weighted by molar-refractivity contribution is -0.0708. The number of ether oxygens (including phenoxy) is 2. The Morgan fingerprint density at radius 2 is 2.17 bits per heavy atom. The highest BCUT2D eigenvalue weighted by Gasteiger charge is 2.32. The van der Waals surface area contributed by atoms with Crippen LogP contribution in [0.3, 0.4) is 0 Å². The van der Waals surface area contributed by atoms with E-state index >= 15 is 0 Å². The molecule has 136 valence electrons. The molecule has 1 aliphatic rings. The molecule has 24 heavy (non-hydrogen) atoms. The minimum atomic E-state index is -2.85. The highest BCUT2D eigenvalue weighted by Crippen LogP contribution is 2.35. The van der Waals surface area contributed by atoms with E-state index in [1.165, 1.54) is 6.07 Å². The zero-order valence-electron chi connectivity index (χ0n) is 14.5. The lowest BCUT2D eigenvalue weighted by atomic mass is 9.79. The van der Waals surface area contributed by atoms with Crippen molar-refractivity contribution < 1.29 is 18.3 Å². The molecular weight excluding hydrogens is 336 g/mol. The molecule has 2 unspecified atom stereocenters. The second kappa shape index (κ2) is 8.45. The summed E-state index contributed by atoms with van der Waals surface area (Å²) >= 11 is 6.00. The van der Waals surface area contributed by atoms with Gasteiger partial charge >= 0.3 is 6.61 Å². The van der Waals surface area contributed by atoms with Crippen LogP contribution >= 0.6 is 11.6 Å². The number of hydrogen-bond donors (Lipinski definition) is 1. The van der Waals surface area contributed by atoms with Crippen molar-refractivity contribution >= 4 is 11.6 Å². The molecule has 2 rings (SSSR count). The predicted octanol–water partition coefficient (Wildman–Crippen LogP) is 5.19. The van der Waals surface area contributed by atoms with Crippen LogP contribution in [-0.4, -0.2) is 25.9 Å². The topological polar surface area (TPSA) is 30.5 Å². The first-order valence-electron chi connectivity index (χ1n) is 8.39. The second-order valence-electron chi connectivity index (χ2n) is 6.98. The number of hydrogen-bond acceptors (Lipinski definition) is 3. The molecule has 0 aromatic heterocycles. The second-order valence-corrected chi connectivity index (χ2v) is 7.41. The van der Waals surface area contributed by atoms with Crippen molar-refractivity contribution in [1.82, 2.24) is 5.32 Å². The fourth-order valence-electron chi connectivity index (χ4n) is 3.22. The Morgan fingerprint density at radius 3 is 2.83 bits per heavy atom. The summed E-state index contributed by atoms with van der Waals surface area (Å²) in [6.07, 6.45) is 3.35.